The maximum Gasteiger partial charge on any atom is 0.273 e. The van der Waals surface area contributed by atoms with Crippen LogP contribution in [0.15, 0.2) is 83.5 Å². The highest BCUT2D eigenvalue weighted by atomic mass is 16.5. The standard InChI is InChI=1S/C28H28N4O4/c1-28(27(34)29-18-21-11-6-7-13-25(21)35-2)19-32-24(17-23(30-32)20-9-4-3-5-10-20)26(33)31(28)15-14-22-12-8-16-36-22/h3-13,16-17H,14-15,18-19H2,1-2H3,(H,29,34)/t28-/m1/s1. The number of nitrogens with one attached hydrogen (secondary N) is 1. The molecule has 0 saturated heterocycles. The molecule has 0 unspecified atom stereocenters. The Labute approximate surface area is 209 Å². The van der Waals surface area contributed by atoms with E-state index < -0.39 is 5.54 Å². The second-order valence-electron chi connectivity index (χ2n) is 8.99. The number of hydrogen-bond acceptors (Lipinski definition) is 5. The van der Waals surface area contributed by atoms with E-state index in [9.17, 15) is 9.59 Å². The van der Waals surface area contributed by atoms with Gasteiger partial charge in [-0.05, 0) is 31.2 Å². The number of furan rings is 1. The van der Waals surface area contributed by atoms with Crippen molar-refractivity contribution in [3.8, 4) is 17.0 Å². The second kappa shape index (κ2) is 9.73. The molecule has 2 aromatic carbocycles. The van der Waals surface area contributed by atoms with Gasteiger partial charge in [-0.2, -0.15) is 5.10 Å². The number of fused-ring (bicyclic) bond motifs is 1. The molecule has 2 aromatic heterocycles. The Kier molecular flexibility index (Phi) is 6.33. The third-order valence-corrected chi connectivity index (χ3v) is 6.65. The van der Waals surface area contributed by atoms with Gasteiger partial charge in [0.15, 0.2) is 0 Å². The van der Waals surface area contributed by atoms with Crippen molar-refractivity contribution in [2.24, 2.45) is 0 Å². The predicted octanol–water partition coefficient (Wildman–Crippen LogP) is 3.93. The van der Waals surface area contributed by atoms with Crippen LogP contribution in [0.25, 0.3) is 11.3 Å². The second-order valence-corrected chi connectivity index (χ2v) is 8.99. The number of methoxy groups -OCH3 is 1. The molecule has 0 aliphatic carbocycles. The highest BCUT2D eigenvalue weighted by molar-refractivity contribution is 6.00. The molecule has 0 bridgehead atoms. The van der Waals surface area contributed by atoms with Gasteiger partial charge in [0.25, 0.3) is 5.91 Å². The number of carbonyl (C=O) groups excluding carboxylic acids is 2. The van der Waals surface area contributed by atoms with E-state index in [1.54, 1.807) is 35.9 Å². The molecule has 36 heavy (non-hydrogen) atoms. The van der Waals surface area contributed by atoms with E-state index in [-0.39, 0.29) is 24.9 Å². The lowest BCUT2D eigenvalue weighted by molar-refractivity contribution is -0.133. The molecule has 0 saturated carbocycles. The number of benzene rings is 2. The molecule has 1 atom stereocenters. The van der Waals surface area contributed by atoms with Gasteiger partial charge in [0, 0.05) is 30.6 Å². The molecule has 0 radical (unpaired) electrons. The Balaban J connectivity index is 1.45. The van der Waals surface area contributed by atoms with Gasteiger partial charge < -0.3 is 19.4 Å². The third-order valence-electron chi connectivity index (χ3n) is 6.65. The summed E-state index contributed by atoms with van der Waals surface area (Å²) in [6, 6.07) is 22.7. The highest BCUT2D eigenvalue weighted by Gasteiger charge is 2.47. The third kappa shape index (κ3) is 4.37. The fraction of sp³-hybridized carbons (Fsp3) is 0.250. The van der Waals surface area contributed by atoms with E-state index in [0.29, 0.717) is 30.1 Å². The zero-order chi connectivity index (χ0) is 25.1. The van der Waals surface area contributed by atoms with E-state index in [1.807, 2.05) is 66.7 Å². The summed E-state index contributed by atoms with van der Waals surface area (Å²) in [5.41, 5.74) is 1.77. The van der Waals surface area contributed by atoms with E-state index in [2.05, 4.69) is 5.32 Å². The number of para-hydroxylation sites is 1. The van der Waals surface area contributed by atoms with Crippen LogP contribution in [0.1, 0.15) is 28.7 Å². The Hall–Kier alpha value is -4.33. The van der Waals surface area contributed by atoms with Crippen molar-refractivity contribution in [1.82, 2.24) is 20.0 Å². The summed E-state index contributed by atoms with van der Waals surface area (Å²) in [4.78, 5) is 29.1. The molecule has 1 aliphatic rings. The minimum atomic E-state index is -1.15. The molecule has 2 amide bonds. The lowest BCUT2D eigenvalue weighted by atomic mass is 9.94. The molecule has 5 rings (SSSR count). The number of hydrogen-bond donors (Lipinski definition) is 1. The van der Waals surface area contributed by atoms with Crippen LogP contribution < -0.4 is 10.1 Å². The maximum atomic E-state index is 13.8. The molecular weight excluding hydrogens is 456 g/mol. The zero-order valence-corrected chi connectivity index (χ0v) is 20.3. The van der Waals surface area contributed by atoms with Gasteiger partial charge in [-0.1, -0.05) is 48.5 Å². The van der Waals surface area contributed by atoms with Crippen LogP contribution in [0.3, 0.4) is 0 Å². The van der Waals surface area contributed by atoms with Crippen LogP contribution in [-0.4, -0.2) is 45.7 Å². The molecule has 4 aromatic rings. The lowest BCUT2D eigenvalue weighted by Gasteiger charge is -2.43. The molecule has 8 heteroatoms. The van der Waals surface area contributed by atoms with Crippen molar-refractivity contribution in [1.29, 1.82) is 0 Å². The quantitative estimate of drug-likeness (QED) is 0.409. The average molecular weight is 485 g/mol. The Morgan fingerprint density at radius 1 is 1.11 bits per heavy atom. The Morgan fingerprint density at radius 2 is 1.89 bits per heavy atom. The fourth-order valence-corrected chi connectivity index (χ4v) is 4.63. The Morgan fingerprint density at radius 3 is 2.64 bits per heavy atom. The van der Waals surface area contributed by atoms with Crippen molar-refractivity contribution in [3.63, 3.8) is 0 Å². The van der Waals surface area contributed by atoms with E-state index in [1.165, 1.54) is 0 Å². The van der Waals surface area contributed by atoms with Gasteiger partial charge >= 0.3 is 0 Å². The smallest absolute Gasteiger partial charge is 0.273 e. The highest BCUT2D eigenvalue weighted by Crippen LogP contribution is 2.30. The van der Waals surface area contributed by atoms with Crippen molar-refractivity contribution >= 4 is 11.8 Å². The van der Waals surface area contributed by atoms with Gasteiger partial charge in [0.05, 0.1) is 25.6 Å². The summed E-state index contributed by atoms with van der Waals surface area (Å²) < 4.78 is 12.5. The SMILES string of the molecule is COc1ccccc1CNC(=O)[C@@]1(C)Cn2nc(-c3ccccc3)cc2C(=O)N1CCc1ccco1. The fourth-order valence-electron chi connectivity index (χ4n) is 4.63. The van der Waals surface area contributed by atoms with E-state index in [4.69, 9.17) is 14.3 Å². The molecule has 184 valence electrons. The topological polar surface area (TPSA) is 89.6 Å². The Bertz CT molecular complexity index is 1360. The molecule has 8 nitrogen and oxygen atoms in total. The van der Waals surface area contributed by atoms with Crippen molar-refractivity contribution < 1.29 is 18.7 Å². The van der Waals surface area contributed by atoms with E-state index in [0.717, 1.165) is 16.9 Å². The van der Waals surface area contributed by atoms with E-state index >= 15 is 0 Å². The van der Waals surface area contributed by atoms with Crippen LogP contribution in [0.4, 0.5) is 0 Å². The minimum Gasteiger partial charge on any atom is -0.496 e. The number of nitrogens with zero attached hydrogens (tertiary/aromatic N) is 3. The van der Waals surface area contributed by atoms with Crippen molar-refractivity contribution in [2.75, 3.05) is 13.7 Å². The summed E-state index contributed by atoms with van der Waals surface area (Å²) in [7, 11) is 1.60. The minimum absolute atomic E-state index is 0.233. The lowest BCUT2D eigenvalue weighted by Crippen LogP contribution is -2.64. The van der Waals surface area contributed by atoms with Gasteiger partial charge in [0.1, 0.15) is 22.7 Å². The van der Waals surface area contributed by atoms with Gasteiger partial charge in [-0.25, -0.2) is 0 Å². The number of amides is 2. The van der Waals surface area contributed by atoms with Crippen molar-refractivity contribution in [2.45, 2.75) is 32.0 Å². The van der Waals surface area contributed by atoms with Crippen LogP contribution in [0.2, 0.25) is 0 Å². The maximum absolute atomic E-state index is 13.8. The zero-order valence-electron chi connectivity index (χ0n) is 20.3. The van der Waals surface area contributed by atoms with Crippen LogP contribution >= 0.6 is 0 Å². The predicted molar refractivity (Wildman–Crippen MR) is 134 cm³/mol. The van der Waals surface area contributed by atoms with Crippen molar-refractivity contribution in [3.05, 3.63) is 96.1 Å². The first-order chi connectivity index (χ1) is 17.5. The first-order valence-electron chi connectivity index (χ1n) is 11.9. The van der Waals surface area contributed by atoms with Crippen LogP contribution in [0.5, 0.6) is 5.75 Å². The average Bonchev–Trinajstić information content (AvgIpc) is 3.58. The molecule has 1 aliphatic heterocycles. The largest absolute Gasteiger partial charge is 0.496 e. The van der Waals surface area contributed by atoms with Gasteiger partial charge in [0.2, 0.25) is 5.91 Å². The molecular formula is C28H28N4O4. The molecule has 0 fully saturated rings. The summed E-state index contributed by atoms with van der Waals surface area (Å²) in [5.74, 6) is 0.948. The van der Waals surface area contributed by atoms with Crippen LogP contribution in [0, 0.1) is 0 Å². The molecule has 3 heterocycles. The number of carbonyl (C=O) groups is 2. The van der Waals surface area contributed by atoms with Gasteiger partial charge in [-0.3, -0.25) is 14.3 Å². The molecule has 0 spiro atoms. The first kappa shape index (κ1) is 23.4. The summed E-state index contributed by atoms with van der Waals surface area (Å²) in [5, 5.41) is 7.71. The number of rotatable bonds is 8. The molecule has 1 N–H and O–H groups in total. The summed E-state index contributed by atoms with van der Waals surface area (Å²) >= 11 is 0. The number of ether oxygens (including phenoxy) is 1. The monoisotopic (exact) mass is 484 g/mol. The first-order valence-corrected chi connectivity index (χ1v) is 11.9. The summed E-state index contributed by atoms with van der Waals surface area (Å²) in [6.45, 7) is 2.63. The normalized spacial score (nSPS) is 17.1. The number of aromatic nitrogens is 2. The van der Waals surface area contributed by atoms with Gasteiger partial charge in [-0.15, -0.1) is 0 Å². The van der Waals surface area contributed by atoms with Crippen LogP contribution in [-0.2, 0) is 24.3 Å². The summed E-state index contributed by atoms with van der Waals surface area (Å²) in [6.07, 6.45) is 2.10.